The van der Waals surface area contributed by atoms with Crippen LogP contribution in [0.1, 0.15) is 54.4 Å². The van der Waals surface area contributed by atoms with Gasteiger partial charge in [-0.05, 0) is 44.5 Å². The van der Waals surface area contributed by atoms with E-state index in [1.807, 2.05) is 36.4 Å². The number of thioether (sulfide) groups is 4. The molecule has 3 saturated heterocycles. The summed E-state index contributed by atoms with van der Waals surface area (Å²) in [6, 6.07) is 31.2. The first kappa shape index (κ1) is 103. The van der Waals surface area contributed by atoms with E-state index in [9.17, 15) is 112 Å². The molecule has 0 aliphatic carbocycles. The predicted octanol–water partition coefficient (Wildman–Crippen LogP) is 3.71. The quantitative estimate of drug-likeness (QED) is 0.0231. The monoisotopic (exact) mass is 1860 g/mol. The van der Waals surface area contributed by atoms with Gasteiger partial charge >= 0.3 is 65.7 Å². The van der Waals surface area contributed by atoms with Crippen LogP contribution in [0.3, 0.4) is 0 Å². The number of carboxylic acids is 7. The lowest BCUT2D eigenvalue weighted by Gasteiger charge is -2.49. The van der Waals surface area contributed by atoms with Crippen molar-refractivity contribution in [3.05, 3.63) is 238 Å². The SMILES string of the molecule is CN(C)OC(=O)C/C=C/C=C1\CSC(C(NC(=O)Cc2ccccc2)C(=O)O)N=C1C(=O)O.CN1OC(=O)CC1/C=C/C1=C(C(=O)O)N2C(=O)C(CC(=O)Cc3ccccc3)C2SC1.CN1OC(=O)CC1/C=C/C1=C(C(=O)O)NC(C(NC(=O)Cc2ccccc2)C(=O)O)SC1.CNOC(=O)C/C=C/C=C1\CSC(C(NC(=O)Cc2ccccc2)C(=O)O)N=C1C(=O)O.O. The third kappa shape index (κ3) is 32.0. The molecule has 0 aromatic heterocycles. The molecule has 14 N–H and O–H groups in total. The highest BCUT2D eigenvalue weighted by molar-refractivity contribution is 8.01. The number of nitrogens with one attached hydrogen (secondary N) is 5. The van der Waals surface area contributed by atoms with Gasteiger partial charge in [-0.3, -0.25) is 58.0 Å². The van der Waals surface area contributed by atoms with Gasteiger partial charge in [-0.2, -0.15) is 5.48 Å². The maximum absolute atomic E-state index is 12.8. The maximum atomic E-state index is 12.8. The number of hydroxylamine groups is 7. The van der Waals surface area contributed by atoms with Gasteiger partial charge in [0.2, 0.25) is 23.6 Å². The number of β-lactam (4-membered cyclic amide) rings is 1. The van der Waals surface area contributed by atoms with Gasteiger partial charge in [-0.1, -0.05) is 182 Å². The molecule has 7 aliphatic heterocycles. The summed E-state index contributed by atoms with van der Waals surface area (Å²) in [6.07, 6.45) is 16.3. The van der Waals surface area contributed by atoms with Crippen LogP contribution < -0.4 is 26.7 Å². The van der Waals surface area contributed by atoms with E-state index in [0.29, 0.717) is 28.0 Å². The number of nitrogens with zero attached hydrogens (tertiary/aromatic N) is 6. The molecule has 7 aliphatic rings. The van der Waals surface area contributed by atoms with Crippen molar-refractivity contribution in [1.82, 2.24) is 46.8 Å². The molecule has 10 atom stereocenters. The van der Waals surface area contributed by atoms with Crippen molar-refractivity contribution in [2.75, 3.05) is 58.2 Å². The highest BCUT2D eigenvalue weighted by Crippen LogP contribution is 2.46. The number of rotatable bonds is 35. The van der Waals surface area contributed by atoms with Crippen LogP contribution in [0.2, 0.25) is 0 Å². The van der Waals surface area contributed by atoms with Crippen LogP contribution >= 0.6 is 47.0 Å². The van der Waals surface area contributed by atoms with Gasteiger partial charge in [0.1, 0.15) is 44.7 Å². The molecule has 686 valence electrons. The summed E-state index contributed by atoms with van der Waals surface area (Å²) in [5.41, 5.74) is 6.19. The molecule has 129 heavy (non-hydrogen) atoms. The van der Waals surface area contributed by atoms with Crippen LogP contribution in [-0.4, -0.2) is 278 Å². The van der Waals surface area contributed by atoms with E-state index < -0.39 is 112 Å². The summed E-state index contributed by atoms with van der Waals surface area (Å²) in [6.45, 7) is 0. The van der Waals surface area contributed by atoms with Gasteiger partial charge in [0.25, 0.3) is 0 Å². The summed E-state index contributed by atoms with van der Waals surface area (Å²) in [5.74, 6) is -12.1. The largest absolute Gasteiger partial charge is 0.480 e. The molecule has 43 heteroatoms. The highest BCUT2D eigenvalue weighted by atomic mass is 32.2. The zero-order valence-corrected chi connectivity index (χ0v) is 73.2. The minimum atomic E-state index is -1.39. The molecule has 0 saturated carbocycles. The van der Waals surface area contributed by atoms with Crippen molar-refractivity contribution < 1.29 is 137 Å². The number of carbonyl (C=O) groups is 16. The highest BCUT2D eigenvalue weighted by Gasteiger charge is 2.54. The molecule has 0 spiro atoms. The fourth-order valence-electron chi connectivity index (χ4n) is 12.9. The number of aliphatic imine (C=N–C) groups is 2. The van der Waals surface area contributed by atoms with E-state index >= 15 is 0 Å². The third-order valence-corrected chi connectivity index (χ3v) is 24.0. The van der Waals surface area contributed by atoms with Crippen LogP contribution in [0.4, 0.5) is 0 Å². The van der Waals surface area contributed by atoms with Crippen LogP contribution in [0.25, 0.3) is 0 Å². The number of likely N-dealkylation sites (N-methyl/N-ethyl adjacent to an activating group) is 2. The second-order valence-electron chi connectivity index (χ2n) is 28.7. The zero-order valence-electron chi connectivity index (χ0n) is 69.9. The first-order chi connectivity index (χ1) is 61.1. The lowest BCUT2D eigenvalue weighted by molar-refractivity contribution is -0.177. The average Bonchev–Trinajstić information content (AvgIpc) is 0.966. The van der Waals surface area contributed by atoms with E-state index in [1.165, 1.54) is 87.1 Å². The van der Waals surface area contributed by atoms with E-state index in [2.05, 4.69) is 41.6 Å². The van der Waals surface area contributed by atoms with Crippen molar-refractivity contribution in [1.29, 1.82) is 0 Å². The topological polar surface area (TPSA) is 581 Å². The van der Waals surface area contributed by atoms with Gasteiger partial charge < -0.3 is 81.8 Å². The number of carbonyl (C=O) groups excluding carboxylic acids is 9. The number of carboxylic acid groups (broad SMARTS) is 7. The Morgan fingerprint density at radius 1 is 0.527 bits per heavy atom. The maximum Gasteiger partial charge on any atom is 0.354 e. The average molecular weight is 1860 g/mol. The smallest absolute Gasteiger partial charge is 0.354 e. The normalized spacial score (nSPS) is 20.9. The number of amides is 4. The number of fused-ring (bicyclic) bond motifs is 1. The van der Waals surface area contributed by atoms with E-state index in [-0.39, 0.29) is 144 Å². The Morgan fingerprint density at radius 2 is 0.930 bits per heavy atom. The molecule has 3 fully saturated rings. The Kier molecular flexibility index (Phi) is 40.7. The molecule has 4 aromatic rings. The summed E-state index contributed by atoms with van der Waals surface area (Å²) in [4.78, 5) is 219. The number of hydrogen-bond acceptors (Lipinski definition) is 31. The number of ketones is 1. The van der Waals surface area contributed by atoms with Gasteiger partial charge in [0.05, 0.1) is 68.3 Å². The molecule has 39 nitrogen and oxygen atoms in total. The molecule has 0 radical (unpaired) electrons. The lowest BCUT2D eigenvalue weighted by Crippen LogP contribution is -2.61. The summed E-state index contributed by atoms with van der Waals surface area (Å²) in [5, 5.41) is 78.2. The van der Waals surface area contributed by atoms with E-state index in [4.69, 9.17) is 14.5 Å². The van der Waals surface area contributed by atoms with Crippen molar-refractivity contribution in [3.63, 3.8) is 0 Å². The Balaban J connectivity index is 0.000000235. The van der Waals surface area contributed by atoms with Crippen LogP contribution in [0, 0.1) is 5.92 Å². The first-order valence-electron chi connectivity index (χ1n) is 39.1. The van der Waals surface area contributed by atoms with Crippen molar-refractivity contribution in [2.45, 2.75) is 109 Å². The lowest BCUT2D eigenvalue weighted by atomic mass is 9.89. The fourth-order valence-corrected chi connectivity index (χ4v) is 17.7. The van der Waals surface area contributed by atoms with Crippen LogP contribution in [0.5, 0.6) is 0 Å². The third-order valence-electron chi connectivity index (χ3n) is 19.0. The van der Waals surface area contributed by atoms with Gasteiger partial charge in [0, 0.05) is 71.1 Å². The van der Waals surface area contributed by atoms with E-state index in [0.717, 1.165) is 45.8 Å². The molecule has 10 unspecified atom stereocenters. The zero-order chi connectivity index (χ0) is 93.3. The van der Waals surface area contributed by atoms with Gasteiger partial charge in [-0.15, -0.1) is 62.2 Å². The molecule has 7 heterocycles. The molecule has 4 amide bonds. The van der Waals surface area contributed by atoms with Crippen molar-refractivity contribution >= 4 is 154 Å². The molecule has 4 aromatic carbocycles. The van der Waals surface area contributed by atoms with Crippen LogP contribution in [-0.2, 0) is 122 Å². The minimum Gasteiger partial charge on any atom is -0.480 e. The Labute approximate surface area is 755 Å². The molecular formula is C86H95N11O28S4. The van der Waals surface area contributed by atoms with Gasteiger partial charge in [-0.25, -0.2) is 33.6 Å². The van der Waals surface area contributed by atoms with Gasteiger partial charge in [0.15, 0.2) is 18.1 Å². The number of benzene rings is 4. The second kappa shape index (κ2) is 51.0. The second-order valence-corrected chi connectivity index (χ2v) is 33.1. The molecular weight excluding hydrogens is 1760 g/mol. The predicted molar refractivity (Wildman–Crippen MR) is 472 cm³/mol. The first-order valence-corrected chi connectivity index (χ1v) is 43.3. The Bertz CT molecular complexity index is 5120. The van der Waals surface area contributed by atoms with Crippen LogP contribution in [0.15, 0.2) is 226 Å². The number of Topliss-reactive ketones (excluding diaryl/α,β-unsaturated/α-hetero) is 1. The molecule has 0 bridgehead atoms. The van der Waals surface area contributed by atoms with E-state index in [1.54, 1.807) is 137 Å². The standard InChI is InChI=1S/C22H25N3O7S.C22H22N2O6S.2C21H23N3O7S.H2O/c1-25(2)32-17(27)11-7-6-10-15-13-33-20(24-18(15)21(28)29)19(22(30)31)23-16(26)12-14-8-4-3-5-9-14;1-23-15(10-18(26)30-23)8-7-14-12-31-21-17(20(27)24(21)19(14)22(28)29)11-16(25)9-13-5-3-2-4-6-13;1-24-14(10-16(26)31-24)8-7-13-11-32-19(23-17(13)20(27)28)18(21(29)30)22-15(25)9-12-5-3-2-4-6-12;1-22-31-16(26)10-6-5-9-14-12-32-19(24-17(14)20(27)28)18(21(29)30)23-15(25)11-13-7-3-2-4-8-13;/h3-10,19-20H,11-13H2,1-2H3,(H,23,26)(H,28,29)(H,30,31);2-8,15,17,21H,9-12H2,1H3,(H,28,29);2-8,14,18-19,23H,9-11H2,1H3,(H,22,25)(H,27,28)(H,29,30);2-9,18-19,22H,10-12H2,1H3,(H,23,25)(H,27,28)(H,29,30);1H2/b7-6+,15-10+;2*8-7+;6-5+,14-9+;. The number of allylic oxidation sites excluding steroid dienone is 6. The summed E-state index contributed by atoms with van der Waals surface area (Å²) >= 11 is 4.83. The molecule has 11 rings (SSSR count). The fraction of sp³-hybridized carbons (Fsp3) is 0.326. The Morgan fingerprint density at radius 3 is 1.31 bits per heavy atom. The number of aliphatic carboxylic acids is 7. The summed E-state index contributed by atoms with van der Waals surface area (Å²) in [7, 11) is 7.83. The summed E-state index contributed by atoms with van der Waals surface area (Å²) < 4.78 is 0. The minimum absolute atomic E-state index is 0. The Hall–Kier alpha value is -13.1. The van der Waals surface area contributed by atoms with Crippen molar-refractivity contribution in [3.8, 4) is 0 Å². The number of hydrogen-bond donors (Lipinski definition) is 12. The van der Waals surface area contributed by atoms with Crippen molar-refractivity contribution in [2.24, 2.45) is 15.9 Å².